The minimum absolute atomic E-state index is 0.105. The smallest absolute Gasteiger partial charge is 0.267 e. The zero-order chi connectivity index (χ0) is 8.85. The topological polar surface area (TPSA) is 84.2 Å². The molecule has 0 heterocycles. The van der Waals surface area contributed by atoms with Crippen molar-refractivity contribution in [2.24, 2.45) is 5.73 Å². The Hall–Kier alpha value is -1.52. The Kier molecular flexibility index (Phi) is 3.72. The molecule has 0 radical (unpaired) electrons. The number of amides is 2. The third-order valence-corrected chi connectivity index (χ3v) is 1.02. The van der Waals surface area contributed by atoms with E-state index in [1.54, 1.807) is 0 Å². The summed E-state index contributed by atoms with van der Waals surface area (Å²) in [6.45, 7) is 0. The van der Waals surface area contributed by atoms with E-state index in [1.807, 2.05) is 0 Å². The minimum atomic E-state index is -0.464. The Labute approximate surface area is 64.6 Å². The summed E-state index contributed by atoms with van der Waals surface area (Å²) in [5, 5.41) is 4.58. The molecule has 5 nitrogen and oxygen atoms in total. The highest BCUT2D eigenvalue weighted by molar-refractivity contribution is 5.99. The van der Waals surface area contributed by atoms with Gasteiger partial charge in [0.1, 0.15) is 5.70 Å². The molecule has 0 bridgehead atoms. The fraction of sp³-hybridized carbons (Fsp3) is 0.333. The maximum atomic E-state index is 10.7. The van der Waals surface area contributed by atoms with Crippen LogP contribution in [0, 0.1) is 0 Å². The molecule has 5 heteroatoms. The van der Waals surface area contributed by atoms with Crippen LogP contribution in [0.4, 0.5) is 0 Å². The molecular weight excluding hydrogens is 146 g/mol. The van der Waals surface area contributed by atoms with Crippen LogP contribution in [-0.2, 0) is 9.59 Å². The first-order valence-electron chi connectivity index (χ1n) is 3.02. The van der Waals surface area contributed by atoms with Gasteiger partial charge in [0, 0.05) is 20.2 Å². The van der Waals surface area contributed by atoms with Crippen molar-refractivity contribution in [1.82, 2.24) is 10.6 Å². The number of nitrogens with two attached hydrogens (primary N) is 1. The highest BCUT2D eigenvalue weighted by Crippen LogP contribution is 1.81. The molecule has 0 aromatic heterocycles. The molecule has 0 aliphatic rings. The molecule has 0 spiro atoms. The zero-order valence-corrected chi connectivity index (χ0v) is 6.47. The van der Waals surface area contributed by atoms with E-state index in [2.05, 4.69) is 10.6 Å². The van der Waals surface area contributed by atoms with Gasteiger partial charge in [-0.05, 0) is 0 Å². The molecule has 0 unspecified atom stereocenters. The lowest BCUT2D eigenvalue weighted by Gasteiger charge is -1.97. The average molecular weight is 157 g/mol. The van der Waals surface area contributed by atoms with Gasteiger partial charge in [0.05, 0.1) is 0 Å². The number of carbonyl (C=O) groups excluding carboxylic acids is 2. The second-order valence-corrected chi connectivity index (χ2v) is 1.79. The summed E-state index contributed by atoms with van der Waals surface area (Å²) in [6, 6.07) is 0. The largest absolute Gasteiger partial charge is 0.394 e. The van der Waals surface area contributed by atoms with Gasteiger partial charge in [-0.3, -0.25) is 9.59 Å². The number of nitrogens with one attached hydrogen (secondary N) is 2. The van der Waals surface area contributed by atoms with Gasteiger partial charge in [0.25, 0.3) is 5.91 Å². The fourth-order valence-corrected chi connectivity index (χ4v) is 0.423. The lowest BCUT2D eigenvalue weighted by atomic mass is 10.4. The quantitative estimate of drug-likeness (QED) is 0.419. The Morgan fingerprint density at radius 3 is 2.18 bits per heavy atom. The van der Waals surface area contributed by atoms with Crippen LogP contribution in [0.25, 0.3) is 0 Å². The van der Waals surface area contributed by atoms with Crippen molar-refractivity contribution in [3.05, 3.63) is 11.8 Å². The summed E-state index contributed by atoms with van der Waals surface area (Å²) in [5.41, 5.74) is 5.09. The van der Waals surface area contributed by atoms with Crippen molar-refractivity contribution < 1.29 is 9.59 Å². The van der Waals surface area contributed by atoms with Crippen LogP contribution in [0.5, 0.6) is 0 Å². The number of carbonyl (C=O) groups is 2. The van der Waals surface area contributed by atoms with Gasteiger partial charge < -0.3 is 16.4 Å². The first kappa shape index (κ1) is 9.48. The van der Waals surface area contributed by atoms with E-state index in [0.717, 1.165) is 6.08 Å². The van der Waals surface area contributed by atoms with Crippen molar-refractivity contribution >= 4 is 11.8 Å². The third-order valence-electron chi connectivity index (χ3n) is 1.02. The van der Waals surface area contributed by atoms with Crippen LogP contribution in [0.3, 0.4) is 0 Å². The Morgan fingerprint density at radius 1 is 1.27 bits per heavy atom. The lowest BCUT2D eigenvalue weighted by molar-refractivity contribution is -0.119. The molecule has 0 aromatic carbocycles. The van der Waals surface area contributed by atoms with E-state index in [1.165, 1.54) is 14.1 Å². The summed E-state index contributed by atoms with van der Waals surface area (Å²) in [5.74, 6) is -0.861. The molecule has 0 saturated heterocycles. The molecule has 62 valence electrons. The number of rotatable bonds is 2. The third kappa shape index (κ3) is 3.24. The monoisotopic (exact) mass is 157 g/mol. The molecule has 11 heavy (non-hydrogen) atoms. The molecule has 0 aliphatic carbocycles. The van der Waals surface area contributed by atoms with Crippen LogP contribution < -0.4 is 16.4 Å². The molecule has 0 saturated carbocycles. The summed E-state index contributed by atoms with van der Waals surface area (Å²) in [7, 11) is 2.89. The highest BCUT2D eigenvalue weighted by atomic mass is 16.2. The van der Waals surface area contributed by atoms with Gasteiger partial charge in [-0.25, -0.2) is 0 Å². The Morgan fingerprint density at radius 2 is 1.82 bits per heavy atom. The van der Waals surface area contributed by atoms with Crippen LogP contribution in [0.15, 0.2) is 11.8 Å². The molecule has 0 aliphatic heterocycles. The SMILES string of the molecule is CNC(=O)/C=C(/N)C(=O)NC. The van der Waals surface area contributed by atoms with E-state index < -0.39 is 11.8 Å². The van der Waals surface area contributed by atoms with E-state index in [-0.39, 0.29) is 5.70 Å². The first-order valence-corrected chi connectivity index (χ1v) is 3.02. The van der Waals surface area contributed by atoms with Gasteiger partial charge in [0.2, 0.25) is 5.91 Å². The molecule has 0 aromatic rings. The molecule has 2 amide bonds. The normalized spacial score (nSPS) is 10.5. The van der Waals surface area contributed by atoms with Crippen LogP contribution >= 0.6 is 0 Å². The van der Waals surface area contributed by atoms with Crippen molar-refractivity contribution in [2.45, 2.75) is 0 Å². The van der Waals surface area contributed by atoms with Crippen LogP contribution in [-0.4, -0.2) is 25.9 Å². The van der Waals surface area contributed by atoms with Crippen molar-refractivity contribution in [3.63, 3.8) is 0 Å². The van der Waals surface area contributed by atoms with Gasteiger partial charge in [-0.15, -0.1) is 0 Å². The Balaban J connectivity index is 4.21. The van der Waals surface area contributed by atoms with Gasteiger partial charge in [0.15, 0.2) is 0 Å². The van der Waals surface area contributed by atoms with Crippen molar-refractivity contribution in [3.8, 4) is 0 Å². The van der Waals surface area contributed by atoms with E-state index in [0.29, 0.717) is 0 Å². The molecule has 0 fully saturated rings. The summed E-state index contributed by atoms with van der Waals surface area (Å²) in [4.78, 5) is 21.3. The van der Waals surface area contributed by atoms with E-state index in [4.69, 9.17) is 5.73 Å². The van der Waals surface area contributed by atoms with E-state index >= 15 is 0 Å². The summed E-state index contributed by atoms with van der Waals surface area (Å²) in [6.07, 6.45) is 1.03. The summed E-state index contributed by atoms with van der Waals surface area (Å²) >= 11 is 0. The van der Waals surface area contributed by atoms with Gasteiger partial charge in [-0.1, -0.05) is 0 Å². The van der Waals surface area contributed by atoms with Gasteiger partial charge >= 0.3 is 0 Å². The highest BCUT2D eigenvalue weighted by Gasteiger charge is 2.02. The van der Waals surface area contributed by atoms with Crippen LogP contribution in [0.1, 0.15) is 0 Å². The van der Waals surface area contributed by atoms with Gasteiger partial charge in [-0.2, -0.15) is 0 Å². The zero-order valence-electron chi connectivity index (χ0n) is 6.47. The van der Waals surface area contributed by atoms with Crippen molar-refractivity contribution in [1.29, 1.82) is 0 Å². The maximum absolute atomic E-state index is 10.7. The molecular formula is C6H11N3O2. The lowest BCUT2D eigenvalue weighted by Crippen LogP contribution is -2.27. The number of hydrogen-bond donors (Lipinski definition) is 3. The first-order chi connectivity index (χ1) is 5.11. The average Bonchev–Trinajstić information content (AvgIpc) is 2.02. The standard InChI is InChI=1S/C6H11N3O2/c1-8-5(10)3-4(7)6(11)9-2/h3H,7H2,1-2H3,(H,8,10)(H,9,11)/b4-3+. The fourth-order valence-electron chi connectivity index (χ4n) is 0.423. The Bertz CT molecular complexity index is 198. The van der Waals surface area contributed by atoms with Crippen LogP contribution in [0.2, 0.25) is 0 Å². The predicted molar refractivity (Wildman–Crippen MR) is 40.4 cm³/mol. The van der Waals surface area contributed by atoms with E-state index in [9.17, 15) is 9.59 Å². The summed E-state index contributed by atoms with van der Waals surface area (Å²) < 4.78 is 0. The molecule has 0 atom stereocenters. The molecule has 0 rings (SSSR count). The predicted octanol–water partition coefficient (Wildman–Crippen LogP) is -1.68. The minimum Gasteiger partial charge on any atom is -0.394 e. The second kappa shape index (κ2) is 4.32. The number of likely N-dealkylation sites (N-methyl/N-ethyl adjacent to an activating group) is 2. The number of hydrogen-bond acceptors (Lipinski definition) is 3. The molecule has 4 N–H and O–H groups in total. The maximum Gasteiger partial charge on any atom is 0.267 e. The van der Waals surface area contributed by atoms with Crippen molar-refractivity contribution in [2.75, 3.05) is 14.1 Å². The second-order valence-electron chi connectivity index (χ2n) is 1.79.